The van der Waals surface area contributed by atoms with Crippen molar-refractivity contribution in [3.05, 3.63) is 41.0 Å². The Morgan fingerprint density at radius 3 is 2.58 bits per heavy atom. The minimum absolute atomic E-state index is 0.000151. The van der Waals surface area contributed by atoms with E-state index in [-0.39, 0.29) is 17.9 Å². The Morgan fingerprint density at radius 2 is 1.92 bits per heavy atom. The number of rotatable bonds is 4. The fraction of sp³-hybridized carbons (Fsp3) is 0.353. The van der Waals surface area contributed by atoms with E-state index in [2.05, 4.69) is 15.5 Å². The number of aromatic amines is 1. The SMILES string of the molecule is O=C(NC1CCC(C(=O)O)CC1)c1cc(-c2ccccc2Cl)n[nH]1. The Hall–Kier alpha value is -2.34. The number of carbonyl (C=O) groups excluding carboxylic acids is 1. The molecule has 0 saturated heterocycles. The third kappa shape index (κ3) is 3.59. The maximum Gasteiger partial charge on any atom is 0.306 e. The van der Waals surface area contributed by atoms with Crippen molar-refractivity contribution in [3.8, 4) is 11.3 Å². The standard InChI is InChI=1S/C17H18ClN3O3/c18-13-4-2-1-3-12(13)14-9-15(21-20-14)16(22)19-11-7-5-10(6-8-11)17(23)24/h1-4,9-11H,5-8H2,(H,19,22)(H,20,21)(H,23,24). The van der Waals surface area contributed by atoms with E-state index in [9.17, 15) is 9.59 Å². The molecule has 0 spiro atoms. The number of H-pyrrole nitrogens is 1. The first kappa shape index (κ1) is 16.5. The monoisotopic (exact) mass is 347 g/mol. The van der Waals surface area contributed by atoms with Crippen molar-refractivity contribution in [1.82, 2.24) is 15.5 Å². The molecule has 24 heavy (non-hydrogen) atoms. The van der Waals surface area contributed by atoms with Gasteiger partial charge in [0.2, 0.25) is 0 Å². The predicted molar refractivity (Wildman–Crippen MR) is 89.9 cm³/mol. The molecule has 1 aromatic heterocycles. The molecule has 0 aliphatic heterocycles. The minimum Gasteiger partial charge on any atom is -0.481 e. The Bertz CT molecular complexity index is 751. The first-order valence-corrected chi connectivity index (χ1v) is 8.26. The molecule has 0 radical (unpaired) electrons. The molecule has 1 amide bonds. The number of carbonyl (C=O) groups is 2. The van der Waals surface area contributed by atoms with E-state index in [0.29, 0.717) is 42.1 Å². The maximum atomic E-state index is 12.3. The zero-order valence-electron chi connectivity index (χ0n) is 13.0. The van der Waals surface area contributed by atoms with Crippen LogP contribution in [0.25, 0.3) is 11.3 Å². The first-order chi connectivity index (χ1) is 11.5. The Labute approximate surface area is 144 Å². The van der Waals surface area contributed by atoms with Crippen LogP contribution in [-0.4, -0.2) is 33.2 Å². The summed E-state index contributed by atoms with van der Waals surface area (Å²) in [5, 5.41) is 19.4. The van der Waals surface area contributed by atoms with Crippen molar-refractivity contribution >= 4 is 23.5 Å². The van der Waals surface area contributed by atoms with Crippen molar-refractivity contribution in [2.24, 2.45) is 5.92 Å². The molecule has 3 rings (SSSR count). The van der Waals surface area contributed by atoms with Crippen LogP contribution < -0.4 is 5.32 Å². The summed E-state index contributed by atoms with van der Waals surface area (Å²) in [4.78, 5) is 23.3. The van der Waals surface area contributed by atoms with E-state index >= 15 is 0 Å². The molecule has 1 aliphatic rings. The normalized spacial score (nSPS) is 20.5. The number of hydrogen-bond donors (Lipinski definition) is 3. The molecule has 0 unspecified atom stereocenters. The summed E-state index contributed by atoms with van der Waals surface area (Å²) in [6, 6.07) is 8.97. The van der Waals surface area contributed by atoms with Crippen LogP contribution in [0.15, 0.2) is 30.3 Å². The van der Waals surface area contributed by atoms with E-state index < -0.39 is 5.97 Å². The van der Waals surface area contributed by atoms with E-state index in [1.165, 1.54) is 0 Å². The van der Waals surface area contributed by atoms with Gasteiger partial charge in [0.15, 0.2) is 0 Å². The van der Waals surface area contributed by atoms with Gasteiger partial charge in [-0.05, 0) is 37.8 Å². The predicted octanol–water partition coefficient (Wildman–Crippen LogP) is 3.10. The van der Waals surface area contributed by atoms with Crippen LogP contribution in [0, 0.1) is 5.92 Å². The summed E-state index contributed by atoms with van der Waals surface area (Å²) in [5.74, 6) is -1.28. The highest BCUT2D eigenvalue weighted by molar-refractivity contribution is 6.33. The lowest BCUT2D eigenvalue weighted by Gasteiger charge is -2.26. The quantitative estimate of drug-likeness (QED) is 0.792. The van der Waals surface area contributed by atoms with Crippen LogP contribution in [0.3, 0.4) is 0 Å². The van der Waals surface area contributed by atoms with Crippen LogP contribution in [0.2, 0.25) is 5.02 Å². The summed E-state index contributed by atoms with van der Waals surface area (Å²) >= 11 is 6.14. The van der Waals surface area contributed by atoms with Gasteiger partial charge in [-0.1, -0.05) is 29.8 Å². The molecule has 7 heteroatoms. The van der Waals surface area contributed by atoms with Crippen LogP contribution in [0.1, 0.15) is 36.2 Å². The molecular weight excluding hydrogens is 330 g/mol. The molecule has 126 valence electrons. The zero-order valence-corrected chi connectivity index (χ0v) is 13.7. The van der Waals surface area contributed by atoms with Crippen LogP contribution in [0.5, 0.6) is 0 Å². The zero-order chi connectivity index (χ0) is 17.1. The van der Waals surface area contributed by atoms with Gasteiger partial charge in [-0.2, -0.15) is 5.10 Å². The third-order valence-corrected chi connectivity index (χ3v) is 4.71. The van der Waals surface area contributed by atoms with Gasteiger partial charge < -0.3 is 10.4 Å². The molecule has 1 heterocycles. The summed E-state index contributed by atoms with van der Waals surface area (Å²) in [5.41, 5.74) is 1.74. The van der Waals surface area contributed by atoms with Gasteiger partial charge in [0, 0.05) is 11.6 Å². The number of carboxylic acids is 1. The van der Waals surface area contributed by atoms with E-state index in [1.54, 1.807) is 12.1 Å². The highest BCUT2D eigenvalue weighted by Crippen LogP contribution is 2.27. The van der Waals surface area contributed by atoms with E-state index in [4.69, 9.17) is 16.7 Å². The van der Waals surface area contributed by atoms with Crippen LogP contribution >= 0.6 is 11.6 Å². The van der Waals surface area contributed by atoms with Gasteiger partial charge in [-0.25, -0.2) is 0 Å². The highest BCUT2D eigenvalue weighted by Gasteiger charge is 2.27. The van der Waals surface area contributed by atoms with Gasteiger partial charge >= 0.3 is 5.97 Å². The van der Waals surface area contributed by atoms with Gasteiger partial charge in [0.05, 0.1) is 16.6 Å². The second-order valence-electron chi connectivity index (χ2n) is 6.01. The third-order valence-electron chi connectivity index (χ3n) is 4.38. The lowest BCUT2D eigenvalue weighted by Crippen LogP contribution is -2.38. The molecule has 0 bridgehead atoms. The van der Waals surface area contributed by atoms with Crippen molar-refractivity contribution in [2.75, 3.05) is 0 Å². The maximum absolute atomic E-state index is 12.3. The first-order valence-electron chi connectivity index (χ1n) is 7.88. The molecule has 2 aromatic rings. The molecule has 6 nitrogen and oxygen atoms in total. The smallest absolute Gasteiger partial charge is 0.306 e. The Kier molecular flexibility index (Phi) is 4.85. The van der Waals surface area contributed by atoms with Crippen molar-refractivity contribution in [3.63, 3.8) is 0 Å². The summed E-state index contributed by atoms with van der Waals surface area (Å²) < 4.78 is 0. The Balaban J connectivity index is 1.63. The van der Waals surface area contributed by atoms with Crippen LogP contribution in [0.4, 0.5) is 0 Å². The fourth-order valence-electron chi connectivity index (χ4n) is 2.99. The molecule has 1 fully saturated rings. The Morgan fingerprint density at radius 1 is 1.21 bits per heavy atom. The van der Waals surface area contributed by atoms with Gasteiger partial charge in [0.1, 0.15) is 5.69 Å². The number of hydrogen-bond acceptors (Lipinski definition) is 3. The number of amides is 1. The number of aromatic nitrogens is 2. The van der Waals surface area contributed by atoms with E-state index in [1.807, 2.05) is 18.2 Å². The molecular formula is C17H18ClN3O3. The lowest BCUT2D eigenvalue weighted by molar-refractivity contribution is -0.142. The molecule has 1 saturated carbocycles. The van der Waals surface area contributed by atoms with Crippen molar-refractivity contribution < 1.29 is 14.7 Å². The van der Waals surface area contributed by atoms with Gasteiger partial charge in [-0.3, -0.25) is 14.7 Å². The number of nitrogens with one attached hydrogen (secondary N) is 2. The largest absolute Gasteiger partial charge is 0.481 e. The number of carboxylic acid groups (broad SMARTS) is 1. The van der Waals surface area contributed by atoms with Crippen molar-refractivity contribution in [1.29, 1.82) is 0 Å². The lowest BCUT2D eigenvalue weighted by atomic mass is 9.86. The molecule has 0 atom stereocenters. The van der Waals surface area contributed by atoms with Crippen molar-refractivity contribution in [2.45, 2.75) is 31.7 Å². The van der Waals surface area contributed by atoms with Crippen LogP contribution in [-0.2, 0) is 4.79 Å². The van der Waals surface area contributed by atoms with Gasteiger partial charge in [-0.15, -0.1) is 0 Å². The average Bonchev–Trinajstić information content (AvgIpc) is 3.05. The summed E-state index contributed by atoms with van der Waals surface area (Å²) in [6.07, 6.45) is 2.53. The second-order valence-corrected chi connectivity index (χ2v) is 6.41. The summed E-state index contributed by atoms with van der Waals surface area (Å²) in [6.45, 7) is 0. The van der Waals surface area contributed by atoms with Gasteiger partial charge in [0.25, 0.3) is 5.91 Å². The number of aliphatic carboxylic acids is 1. The molecule has 1 aromatic carbocycles. The summed E-state index contributed by atoms with van der Waals surface area (Å²) in [7, 11) is 0. The topological polar surface area (TPSA) is 95.1 Å². The number of nitrogens with zero attached hydrogens (tertiary/aromatic N) is 1. The average molecular weight is 348 g/mol. The number of benzene rings is 1. The molecule has 1 aliphatic carbocycles. The minimum atomic E-state index is -0.752. The van der Waals surface area contributed by atoms with E-state index in [0.717, 1.165) is 5.56 Å². The number of halogens is 1. The molecule has 3 N–H and O–H groups in total. The highest BCUT2D eigenvalue weighted by atomic mass is 35.5. The second kappa shape index (κ2) is 7.05. The fourth-order valence-corrected chi connectivity index (χ4v) is 3.23.